The van der Waals surface area contributed by atoms with Gasteiger partial charge in [-0.2, -0.15) is 5.26 Å². The van der Waals surface area contributed by atoms with Crippen LogP contribution in [0.5, 0.6) is 0 Å². The van der Waals surface area contributed by atoms with Crippen molar-refractivity contribution in [3.05, 3.63) is 28.8 Å². The lowest BCUT2D eigenvalue weighted by Gasteiger charge is -1.82. The number of aromatic carboxylic acids is 1. The summed E-state index contributed by atoms with van der Waals surface area (Å²) in [6.45, 7) is 0. The van der Waals surface area contributed by atoms with Gasteiger partial charge in [0.25, 0.3) is 0 Å². The van der Waals surface area contributed by atoms with Crippen molar-refractivity contribution in [1.82, 2.24) is 5.16 Å². The lowest BCUT2D eigenvalue weighted by molar-refractivity contribution is 0.0652. The second-order valence-electron chi connectivity index (χ2n) is 2.66. The molecule has 0 aliphatic heterocycles. The number of carbonyl (C=O) groups is 1. The van der Waals surface area contributed by atoms with Crippen LogP contribution in [0, 0.1) is 11.3 Å². The van der Waals surface area contributed by atoms with Crippen LogP contribution in [-0.4, -0.2) is 16.2 Å². The van der Waals surface area contributed by atoms with Crippen LogP contribution in [0.15, 0.2) is 22.7 Å². The standard InChI is InChI=1S/C9H4N2O3S/c10-4-5-1-2-8(15-5)6-3-7(9(12)13)14-11-6/h1-3H,(H,12,13). The van der Waals surface area contributed by atoms with Crippen molar-refractivity contribution in [2.45, 2.75) is 0 Å². The summed E-state index contributed by atoms with van der Waals surface area (Å²) < 4.78 is 4.60. The predicted molar refractivity (Wildman–Crippen MR) is 51.5 cm³/mol. The molecular weight excluding hydrogens is 216 g/mol. The van der Waals surface area contributed by atoms with Gasteiger partial charge in [-0.15, -0.1) is 11.3 Å². The van der Waals surface area contributed by atoms with E-state index in [-0.39, 0.29) is 5.76 Å². The third kappa shape index (κ3) is 1.73. The van der Waals surface area contributed by atoms with Crippen LogP contribution in [0.1, 0.15) is 15.4 Å². The van der Waals surface area contributed by atoms with Crippen LogP contribution in [-0.2, 0) is 0 Å². The fourth-order valence-electron chi connectivity index (χ4n) is 1.03. The Balaban J connectivity index is 2.38. The van der Waals surface area contributed by atoms with Gasteiger partial charge in [0.05, 0.1) is 4.88 Å². The zero-order valence-corrected chi connectivity index (χ0v) is 8.11. The van der Waals surface area contributed by atoms with Gasteiger partial charge in [0.1, 0.15) is 16.6 Å². The van der Waals surface area contributed by atoms with E-state index in [1.54, 1.807) is 12.1 Å². The van der Waals surface area contributed by atoms with Gasteiger partial charge in [-0.1, -0.05) is 5.16 Å². The fourth-order valence-corrected chi connectivity index (χ4v) is 1.78. The molecule has 0 fully saturated rings. The van der Waals surface area contributed by atoms with E-state index >= 15 is 0 Å². The molecule has 0 amide bonds. The number of rotatable bonds is 2. The molecule has 5 nitrogen and oxygen atoms in total. The predicted octanol–water partition coefficient (Wildman–Crippen LogP) is 1.97. The van der Waals surface area contributed by atoms with Gasteiger partial charge in [-0.3, -0.25) is 0 Å². The number of thiophene rings is 1. The van der Waals surface area contributed by atoms with Crippen molar-refractivity contribution >= 4 is 17.3 Å². The number of nitriles is 1. The Bertz CT molecular complexity index is 550. The van der Waals surface area contributed by atoms with Gasteiger partial charge in [0.2, 0.25) is 5.76 Å². The molecule has 15 heavy (non-hydrogen) atoms. The quantitative estimate of drug-likeness (QED) is 0.835. The van der Waals surface area contributed by atoms with Crippen LogP contribution in [0.3, 0.4) is 0 Å². The van der Waals surface area contributed by atoms with E-state index in [0.29, 0.717) is 15.4 Å². The van der Waals surface area contributed by atoms with Crippen molar-refractivity contribution in [3.63, 3.8) is 0 Å². The Morgan fingerprint density at radius 3 is 2.93 bits per heavy atom. The van der Waals surface area contributed by atoms with Gasteiger partial charge in [-0.25, -0.2) is 4.79 Å². The molecule has 0 aromatic carbocycles. The molecule has 0 unspecified atom stereocenters. The summed E-state index contributed by atoms with van der Waals surface area (Å²) in [4.78, 5) is 11.8. The number of hydrogen-bond donors (Lipinski definition) is 1. The van der Waals surface area contributed by atoms with E-state index in [9.17, 15) is 4.79 Å². The highest BCUT2D eigenvalue weighted by Gasteiger charge is 2.13. The number of nitrogens with zero attached hydrogens (tertiary/aromatic N) is 2. The average molecular weight is 220 g/mol. The summed E-state index contributed by atoms with van der Waals surface area (Å²) in [7, 11) is 0. The Hall–Kier alpha value is -2.13. The Labute approximate surface area is 88.2 Å². The van der Waals surface area contributed by atoms with Gasteiger partial charge in [0, 0.05) is 6.07 Å². The number of carboxylic acids is 1. The molecule has 2 aromatic rings. The monoisotopic (exact) mass is 220 g/mol. The Morgan fingerprint density at radius 2 is 2.40 bits per heavy atom. The molecule has 0 saturated heterocycles. The van der Waals surface area contributed by atoms with Gasteiger partial charge in [0.15, 0.2) is 0 Å². The zero-order chi connectivity index (χ0) is 10.8. The highest BCUT2D eigenvalue weighted by atomic mass is 32.1. The topological polar surface area (TPSA) is 87.1 Å². The highest BCUT2D eigenvalue weighted by Crippen LogP contribution is 2.27. The van der Waals surface area contributed by atoms with Crippen molar-refractivity contribution in [2.24, 2.45) is 0 Å². The molecule has 6 heteroatoms. The summed E-state index contributed by atoms with van der Waals surface area (Å²) in [5.41, 5.74) is 0.430. The zero-order valence-electron chi connectivity index (χ0n) is 7.30. The minimum atomic E-state index is -1.16. The SMILES string of the molecule is N#Cc1ccc(-c2cc(C(=O)O)on2)s1. The summed E-state index contributed by atoms with van der Waals surface area (Å²) in [5, 5.41) is 20.8. The van der Waals surface area contributed by atoms with Crippen molar-refractivity contribution < 1.29 is 14.4 Å². The molecule has 2 aromatic heterocycles. The largest absolute Gasteiger partial charge is 0.475 e. The first-order valence-electron chi connectivity index (χ1n) is 3.91. The van der Waals surface area contributed by atoms with E-state index in [1.807, 2.05) is 6.07 Å². The van der Waals surface area contributed by atoms with E-state index < -0.39 is 5.97 Å². The summed E-state index contributed by atoms with van der Waals surface area (Å²) >= 11 is 1.23. The van der Waals surface area contributed by atoms with Crippen LogP contribution < -0.4 is 0 Å². The minimum absolute atomic E-state index is 0.211. The van der Waals surface area contributed by atoms with E-state index in [2.05, 4.69) is 9.68 Å². The molecule has 0 bridgehead atoms. The first kappa shape index (κ1) is 9.43. The van der Waals surface area contributed by atoms with E-state index in [4.69, 9.17) is 10.4 Å². The fraction of sp³-hybridized carbons (Fsp3) is 0. The lowest BCUT2D eigenvalue weighted by atomic mass is 10.3. The van der Waals surface area contributed by atoms with Crippen LogP contribution in [0.2, 0.25) is 0 Å². The first-order valence-corrected chi connectivity index (χ1v) is 4.72. The first-order chi connectivity index (χ1) is 7.20. The highest BCUT2D eigenvalue weighted by molar-refractivity contribution is 7.15. The maximum absolute atomic E-state index is 10.5. The third-order valence-electron chi connectivity index (χ3n) is 1.69. The molecule has 74 valence electrons. The maximum Gasteiger partial charge on any atom is 0.374 e. The lowest BCUT2D eigenvalue weighted by Crippen LogP contribution is -1.91. The summed E-state index contributed by atoms with van der Waals surface area (Å²) in [5.74, 6) is -1.37. The normalized spacial score (nSPS) is 9.80. The van der Waals surface area contributed by atoms with Gasteiger partial charge < -0.3 is 9.63 Å². The number of aromatic nitrogens is 1. The molecule has 0 atom stereocenters. The smallest absolute Gasteiger partial charge is 0.374 e. The molecule has 0 saturated carbocycles. The molecular formula is C9H4N2O3S. The Morgan fingerprint density at radius 1 is 1.60 bits per heavy atom. The van der Waals surface area contributed by atoms with Crippen molar-refractivity contribution in [1.29, 1.82) is 5.26 Å². The summed E-state index contributed by atoms with van der Waals surface area (Å²) in [6.07, 6.45) is 0. The van der Waals surface area contributed by atoms with Gasteiger partial charge >= 0.3 is 5.97 Å². The van der Waals surface area contributed by atoms with E-state index in [0.717, 1.165) is 0 Å². The minimum Gasteiger partial charge on any atom is -0.475 e. The molecule has 1 N–H and O–H groups in total. The summed E-state index contributed by atoms with van der Waals surface area (Å²) in [6, 6.07) is 6.67. The average Bonchev–Trinajstić information content (AvgIpc) is 2.86. The third-order valence-corrected chi connectivity index (χ3v) is 2.70. The van der Waals surface area contributed by atoms with Crippen molar-refractivity contribution in [2.75, 3.05) is 0 Å². The second kappa shape index (κ2) is 3.55. The molecule has 0 aliphatic carbocycles. The number of hydrogen-bond acceptors (Lipinski definition) is 5. The Kier molecular flexibility index (Phi) is 2.23. The maximum atomic E-state index is 10.5. The molecule has 2 rings (SSSR count). The molecule has 0 spiro atoms. The number of carboxylic acid groups (broad SMARTS) is 1. The van der Waals surface area contributed by atoms with Crippen LogP contribution in [0.25, 0.3) is 10.6 Å². The molecule has 0 radical (unpaired) electrons. The van der Waals surface area contributed by atoms with Crippen LogP contribution in [0.4, 0.5) is 0 Å². The van der Waals surface area contributed by atoms with E-state index in [1.165, 1.54) is 17.4 Å². The molecule has 2 heterocycles. The second-order valence-corrected chi connectivity index (χ2v) is 3.74. The van der Waals surface area contributed by atoms with Crippen molar-refractivity contribution in [3.8, 4) is 16.6 Å². The van der Waals surface area contributed by atoms with Crippen LogP contribution >= 0.6 is 11.3 Å². The van der Waals surface area contributed by atoms with Gasteiger partial charge in [-0.05, 0) is 12.1 Å². The molecule has 0 aliphatic rings.